The van der Waals surface area contributed by atoms with Crippen LogP contribution in [-0.4, -0.2) is 20.1 Å². The Morgan fingerprint density at radius 2 is 1.79 bits per heavy atom. The molecule has 0 saturated carbocycles. The molecule has 3 aromatic rings. The van der Waals surface area contributed by atoms with Crippen LogP contribution in [0.15, 0.2) is 47.2 Å². The highest BCUT2D eigenvalue weighted by molar-refractivity contribution is 5.55. The topological polar surface area (TPSA) is 73.9 Å². The molecular weight excluding hydrogens is 244 g/mol. The maximum absolute atomic E-state index is 5.49. The van der Waals surface area contributed by atoms with Crippen molar-refractivity contribution in [3.63, 3.8) is 0 Å². The molecule has 6 heteroatoms. The summed E-state index contributed by atoms with van der Waals surface area (Å²) in [6.07, 6.45) is 3.25. The molecule has 0 amide bonds. The lowest BCUT2D eigenvalue weighted by Gasteiger charge is -2.03. The number of nitrogens with zero attached hydrogens (tertiary/aromatic N) is 4. The van der Waals surface area contributed by atoms with E-state index in [0.717, 1.165) is 5.56 Å². The van der Waals surface area contributed by atoms with Crippen molar-refractivity contribution in [2.45, 2.75) is 6.92 Å². The van der Waals surface area contributed by atoms with Crippen molar-refractivity contribution in [2.75, 3.05) is 0 Å². The average Bonchev–Trinajstić information content (AvgIpc) is 2.87. The van der Waals surface area contributed by atoms with Crippen molar-refractivity contribution in [3.05, 3.63) is 48.6 Å². The van der Waals surface area contributed by atoms with Gasteiger partial charge in [0.2, 0.25) is 11.7 Å². The first-order valence-corrected chi connectivity index (χ1v) is 5.67. The lowest BCUT2D eigenvalue weighted by molar-refractivity contribution is 0.394. The molecule has 6 nitrogen and oxygen atoms in total. The number of hydrogen-bond donors (Lipinski definition) is 0. The predicted molar refractivity (Wildman–Crippen MR) is 66.6 cm³/mol. The summed E-state index contributed by atoms with van der Waals surface area (Å²) in [7, 11) is 0. The van der Waals surface area contributed by atoms with E-state index in [9.17, 15) is 0 Å². The van der Waals surface area contributed by atoms with Gasteiger partial charge in [-0.15, -0.1) is 0 Å². The molecule has 0 radical (unpaired) electrons. The molecule has 0 aliphatic rings. The van der Waals surface area contributed by atoms with Gasteiger partial charge in [0.15, 0.2) is 0 Å². The van der Waals surface area contributed by atoms with Gasteiger partial charge in [0, 0.05) is 24.9 Å². The van der Waals surface area contributed by atoms with Crippen LogP contribution in [0.1, 0.15) is 5.89 Å². The van der Waals surface area contributed by atoms with Gasteiger partial charge in [-0.25, -0.2) is 9.97 Å². The molecule has 2 aromatic heterocycles. The average molecular weight is 254 g/mol. The summed E-state index contributed by atoms with van der Waals surface area (Å²) in [6.45, 7) is 1.75. The van der Waals surface area contributed by atoms with Crippen molar-refractivity contribution < 1.29 is 9.26 Å². The van der Waals surface area contributed by atoms with E-state index in [1.54, 1.807) is 37.5 Å². The minimum absolute atomic E-state index is 0.311. The molecule has 3 rings (SSSR count). The van der Waals surface area contributed by atoms with Crippen LogP contribution in [0, 0.1) is 6.92 Å². The molecule has 0 aliphatic heterocycles. The van der Waals surface area contributed by atoms with Crippen LogP contribution >= 0.6 is 0 Å². The van der Waals surface area contributed by atoms with Crippen molar-refractivity contribution in [1.29, 1.82) is 0 Å². The quantitative estimate of drug-likeness (QED) is 0.715. The van der Waals surface area contributed by atoms with Gasteiger partial charge in [-0.1, -0.05) is 5.16 Å². The summed E-state index contributed by atoms with van der Waals surface area (Å²) < 4.78 is 10.4. The van der Waals surface area contributed by atoms with Gasteiger partial charge >= 0.3 is 6.01 Å². The number of ether oxygens (including phenoxy) is 1. The van der Waals surface area contributed by atoms with Crippen LogP contribution in [-0.2, 0) is 0 Å². The highest BCUT2D eigenvalue weighted by atomic mass is 16.5. The van der Waals surface area contributed by atoms with Gasteiger partial charge in [-0.2, -0.15) is 4.98 Å². The summed E-state index contributed by atoms with van der Waals surface area (Å²) in [5.41, 5.74) is 0.859. The van der Waals surface area contributed by atoms with E-state index in [2.05, 4.69) is 20.1 Å². The Kier molecular flexibility index (Phi) is 2.89. The van der Waals surface area contributed by atoms with E-state index in [4.69, 9.17) is 9.26 Å². The molecule has 0 unspecified atom stereocenters. The van der Waals surface area contributed by atoms with Crippen molar-refractivity contribution >= 4 is 0 Å². The number of rotatable bonds is 3. The third-order valence-corrected chi connectivity index (χ3v) is 2.39. The van der Waals surface area contributed by atoms with Crippen LogP contribution in [0.2, 0.25) is 0 Å². The van der Waals surface area contributed by atoms with Gasteiger partial charge in [0.05, 0.1) is 0 Å². The second-order valence-corrected chi connectivity index (χ2v) is 3.79. The van der Waals surface area contributed by atoms with E-state index in [-0.39, 0.29) is 0 Å². The van der Waals surface area contributed by atoms with Crippen LogP contribution in [0.5, 0.6) is 11.8 Å². The van der Waals surface area contributed by atoms with Crippen molar-refractivity contribution in [2.24, 2.45) is 0 Å². The van der Waals surface area contributed by atoms with Gasteiger partial charge in [0.25, 0.3) is 0 Å². The predicted octanol–water partition coefficient (Wildman–Crippen LogP) is 2.63. The lowest BCUT2D eigenvalue weighted by atomic mass is 10.2. The highest BCUT2D eigenvalue weighted by Crippen LogP contribution is 2.22. The second-order valence-electron chi connectivity index (χ2n) is 3.79. The Bertz CT molecular complexity index is 665. The lowest BCUT2D eigenvalue weighted by Crippen LogP contribution is -1.90. The first kappa shape index (κ1) is 11.3. The molecule has 2 heterocycles. The molecule has 0 N–H and O–H groups in total. The zero-order valence-electron chi connectivity index (χ0n) is 10.1. The SMILES string of the molecule is Cc1nc(-c2ccc(Oc3ncccn3)cc2)no1. The van der Waals surface area contributed by atoms with E-state index >= 15 is 0 Å². The smallest absolute Gasteiger partial charge is 0.321 e. The number of aromatic nitrogens is 4. The van der Waals surface area contributed by atoms with E-state index in [1.165, 1.54) is 0 Å². The Balaban J connectivity index is 1.79. The fourth-order valence-electron chi connectivity index (χ4n) is 1.53. The molecule has 0 saturated heterocycles. The molecular formula is C13H10N4O2. The molecule has 0 atom stereocenters. The van der Waals surface area contributed by atoms with Gasteiger partial charge < -0.3 is 9.26 Å². The van der Waals surface area contributed by atoms with Crippen molar-refractivity contribution in [3.8, 4) is 23.1 Å². The first-order chi connectivity index (χ1) is 9.31. The molecule has 1 aromatic carbocycles. The number of benzene rings is 1. The summed E-state index contributed by atoms with van der Waals surface area (Å²) in [5, 5.41) is 3.85. The molecule has 19 heavy (non-hydrogen) atoms. The molecule has 0 aliphatic carbocycles. The van der Waals surface area contributed by atoms with Crippen LogP contribution in [0.4, 0.5) is 0 Å². The van der Waals surface area contributed by atoms with Crippen LogP contribution < -0.4 is 4.74 Å². The number of aryl methyl sites for hydroxylation is 1. The van der Waals surface area contributed by atoms with Gasteiger partial charge in [-0.3, -0.25) is 0 Å². The molecule has 0 spiro atoms. The first-order valence-electron chi connectivity index (χ1n) is 5.67. The Hall–Kier alpha value is -2.76. The third-order valence-electron chi connectivity index (χ3n) is 2.39. The zero-order chi connectivity index (χ0) is 13.1. The maximum Gasteiger partial charge on any atom is 0.321 e. The van der Waals surface area contributed by atoms with Crippen LogP contribution in [0.25, 0.3) is 11.4 Å². The van der Waals surface area contributed by atoms with Gasteiger partial charge in [-0.05, 0) is 30.3 Å². The Morgan fingerprint density at radius 1 is 1.05 bits per heavy atom. The fraction of sp³-hybridized carbons (Fsp3) is 0.0769. The third kappa shape index (κ3) is 2.57. The largest absolute Gasteiger partial charge is 0.424 e. The van der Waals surface area contributed by atoms with E-state index < -0.39 is 0 Å². The zero-order valence-corrected chi connectivity index (χ0v) is 10.1. The normalized spacial score (nSPS) is 10.4. The van der Waals surface area contributed by atoms with Gasteiger partial charge in [0.1, 0.15) is 5.75 Å². The van der Waals surface area contributed by atoms with E-state index in [1.807, 2.05) is 12.1 Å². The summed E-state index contributed by atoms with van der Waals surface area (Å²) in [6, 6.07) is 9.35. The van der Waals surface area contributed by atoms with E-state index in [0.29, 0.717) is 23.5 Å². The monoisotopic (exact) mass is 254 g/mol. The molecule has 0 bridgehead atoms. The summed E-state index contributed by atoms with van der Waals surface area (Å²) in [4.78, 5) is 12.1. The minimum Gasteiger partial charge on any atom is -0.424 e. The fourth-order valence-corrected chi connectivity index (χ4v) is 1.53. The van der Waals surface area contributed by atoms with Crippen molar-refractivity contribution in [1.82, 2.24) is 20.1 Å². The summed E-state index contributed by atoms with van der Waals surface area (Å²) >= 11 is 0. The minimum atomic E-state index is 0.311. The second kappa shape index (κ2) is 4.85. The standard InChI is InChI=1S/C13H10N4O2/c1-9-16-12(17-19-9)10-3-5-11(6-4-10)18-13-14-7-2-8-15-13/h2-8H,1H3. The van der Waals surface area contributed by atoms with Crippen LogP contribution in [0.3, 0.4) is 0 Å². The Labute approximate surface area is 109 Å². The molecule has 0 fully saturated rings. The highest BCUT2D eigenvalue weighted by Gasteiger charge is 2.06. The maximum atomic E-state index is 5.49. The summed E-state index contributed by atoms with van der Waals surface area (Å²) in [5.74, 6) is 1.74. The number of hydrogen-bond acceptors (Lipinski definition) is 6. The molecule has 94 valence electrons. The Morgan fingerprint density at radius 3 is 2.42 bits per heavy atom.